The van der Waals surface area contributed by atoms with Crippen LogP contribution in [-0.2, 0) is 6.18 Å². The zero-order valence-corrected chi connectivity index (χ0v) is 13.6. The number of tetrazole rings is 1. The fraction of sp³-hybridized carbons (Fsp3) is 0.176. The predicted octanol–water partition coefficient (Wildman–Crippen LogP) is 3.17. The maximum absolute atomic E-state index is 12.6. The zero-order chi connectivity index (χ0) is 18.7. The van der Waals surface area contributed by atoms with Gasteiger partial charge in [-0.1, -0.05) is 12.1 Å². The van der Waals surface area contributed by atoms with Crippen LogP contribution < -0.4 is 5.32 Å². The average Bonchev–Trinajstić information content (AvgIpc) is 3.16. The van der Waals surface area contributed by atoms with E-state index in [1.54, 1.807) is 31.2 Å². The van der Waals surface area contributed by atoms with Gasteiger partial charge in [-0.2, -0.15) is 13.2 Å². The van der Waals surface area contributed by atoms with E-state index in [-0.39, 0.29) is 5.91 Å². The highest BCUT2D eigenvalue weighted by atomic mass is 19.4. The second kappa shape index (κ2) is 6.95. The Morgan fingerprint density at radius 1 is 1.08 bits per heavy atom. The van der Waals surface area contributed by atoms with Crippen LogP contribution in [0.15, 0.2) is 54.9 Å². The maximum atomic E-state index is 12.6. The smallest absolute Gasteiger partial charge is 0.346 e. The molecule has 1 amide bonds. The van der Waals surface area contributed by atoms with Gasteiger partial charge in [0, 0.05) is 5.56 Å². The molecule has 6 nitrogen and oxygen atoms in total. The zero-order valence-electron chi connectivity index (χ0n) is 13.6. The van der Waals surface area contributed by atoms with E-state index in [4.69, 9.17) is 0 Å². The fourth-order valence-electron chi connectivity index (χ4n) is 2.37. The number of rotatable bonds is 4. The van der Waals surface area contributed by atoms with Gasteiger partial charge in [0.05, 0.1) is 17.3 Å². The van der Waals surface area contributed by atoms with Gasteiger partial charge in [0.1, 0.15) is 6.33 Å². The molecule has 0 bridgehead atoms. The van der Waals surface area contributed by atoms with E-state index in [9.17, 15) is 18.0 Å². The van der Waals surface area contributed by atoms with Gasteiger partial charge >= 0.3 is 6.18 Å². The number of alkyl halides is 3. The molecule has 0 unspecified atom stereocenters. The quantitative estimate of drug-likeness (QED) is 0.775. The van der Waals surface area contributed by atoms with E-state index in [0.717, 1.165) is 12.1 Å². The molecule has 1 heterocycles. The molecular weight excluding hydrogens is 347 g/mol. The molecule has 134 valence electrons. The van der Waals surface area contributed by atoms with Crippen molar-refractivity contribution in [3.05, 3.63) is 71.5 Å². The van der Waals surface area contributed by atoms with Crippen molar-refractivity contribution in [3.63, 3.8) is 0 Å². The number of benzene rings is 2. The summed E-state index contributed by atoms with van der Waals surface area (Å²) in [5, 5.41) is 13.6. The Balaban J connectivity index is 1.67. The predicted molar refractivity (Wildman–Crippen MR) is 86.5 cm³/mol. The Morgan fingerprint density at radius 2 is 1.73 bits per heavy atom. The summed E-state index contributed by atoms with van der Waals surface area (Å²) < 4.78 is 39.3. The highest BCUT2D eigenvalue weighted by Crippen LogP contribution is 2.29. The van der Waals surface area contributed by atoms with Crippen LogP contribution in [0, 0.1) is 0 Å². The number of carbonyl (C=O) groups is 1. The SMILES string of the molecule is C[C@H](NC(=O)c1ccc(-n2cnnn2)cc1)c1ccc(C(F)(F)F)cc1. The monoisotopic (exact) mass is 361 g/mol. The first-order chi connectivity index (χ1) is 12.3. The van der Waals surface area contributed by atoms with Crippen molar-refractivity contribution in [2.45, 2.75) is 19.1 Å². The minimum Gasteiger partial charge on any atom is -0.346 e. The van der Waals surface area contributed by atoms with Crippen molar-refractivity contribution in [1.82, 2.24) is 25.5 Å². The molecule has 0 aliphatic heterocycles. The number of halogens is 3. The molecule has 0 radical (unpaired) electrons. The molecule has 9 heteroatoms. The molecule has 3 aromatic rings. The summed E-state index contributed by atoms with van der Waals surface area (Å²) in [5.41, 5.74) is 0.970. The van der Waals surface area contributed by atoms with Crippen LogP contribution in [0.25, 0.3) is 5.69 Å². The molecule has 1 atom stereocenters. The second-order valence-electron chi connectivity index (χ2n) is 5.62. The Labute approximate surface area is 146 Å². The lowest BCUT2D eigenvalue weighted by Crippen LogP contribution is -2.26. The standard InChI is InChI=1S/C17H14F3N5O/c1-11(12-2-6-14(7-3-12)17(18,19)20)22-16(26)13-4-8-15(9-5-13)25-10-21-23-24-25/h2-11H,1H3,(H,22,26)/t11-/m0/s1. The number of nitrogens with one attached hydrogen (secondary N) is 1. The largest absolute Gasteiger partial charge is 0.416 e. The third-order valence-corrected chi connectivity index (χ3v) is 3.83. The number of aromatic nitrogens is 4. The summed E-state index contributed by atoms with van der Waals surface area (Å²) in [6, 6.07) is 10.9. The van der Waals surface area contributed by atoms with Crippen molar-refractivity contribution in [3.8, 4) is 5.69 Å². The van der Waals surface area contributed by atoms with Crippen molar-refractivity contribution >= 4 is 5.91 Å². The molecular formula is C17H14F3N5O. The lowest BCUT2D eigenvalue weighted by molar-refractivity contribution is -0.137. The van der Waals surface area contributed by atoms with Crippen LogP contribution in [0.5, 0.6) is 0 Å². The summed E-state index contributed by atoms with van der Waals surface area (Å²) in [7, 11) is 0. The normalized spacial score (nSPS) is 12.6. The van der Waals surface area contributed by atoms with Crippen molar-refractivity contribution in [1.29, 1.82) is 0 Å². The van der Waals surface area contributed by atoms with Crippen molar-refractivity contribution < 1.29 is 18.0 Å². The van der Waals surface area contributed by atoms with Gasteiger partial charge in [-0.05, 0) is 59.3 Å². The van der Waals surface area contributed by atoms with Gasteiger partial charge in [0.2, 0.25) is 0 Å². The second-order valence-corrected chi connectivity index (χ2v) is 5.62. The van der Waals surface area contributed by atoms with Crippen LogP contribution in [0.4, 0.5) is 13.2 Å². The molecule has 0 saturated carbocycles. The van der Waals surface area contributed by atoms with Gasteiger partial charge < -0.3 is 5.32 Å². The van der Waals surface area contributed by atoms with E-state index >= 15 is 0 Å². The Kier molecular flexibility index (Phi) is 4.70. The van der Waals surface area contributed by atoms with E-state index in [1.807, 2.05) is 0 Å². The first-order valence-electron chi connectivity index (χ1n) is 7.66. The molecule has 0 aliphatic carbocycles. The van der Waals surface area contributed by atoms with E-state index in [2.05, 4.69) is 20.8 Å². The molecule has 1 N–H and O–H groups in total. The minimum absolute atomic E-state index is 0.333. The summed E-state index contributed by atoms with van der Waals surface area (Å²) in [4.78, 5) is 12.3. The summed E-state index contributed by atoms with van der Waals surface area (Å²) in [6.45, 7) is 1.70. The molecule has 1 aromatic heterocycles. The number of hydrogen-bond donors (Lipinski definition) is 1. The molecule has 0 spiro atoms. The molecule has 0 fully saturated rings. The maximum Gasteiger partial charge on any atom is 0.416 e. The Bertz CT molecular complexity index is 874. The van der Waals surface area contributed by atoms with Crippen molar-refractivity contribution in [2.24, 2.45) is 0 Å². The third kappa shape index (κ3) is 3.88. The van der Waals surface area contributed by atoms with Crippen LogP contribution in [0.2, 0.25) is 0 Å². The number of amides is 1. The van der Waals surface area contributed by atoms with Crippen LogP contribution >= 0.6 is 0 Å². The van der Waals surface area contributed by atoms with Gasteiger partial charge in [0.25, 0.3) is 5.91 Å². The summed E-state index contributed by atoms with van der Waals surface area (Å²) in [6.07, 6.45) is -2.95. The van der Waals surface area contributed by atoms with Crippen molar-refractivity contribution in [2.75, 3.05) is 0 Å². The molecule has 0 aliphatic rings. The summed E-state index contributed by atoms with van der Waals surface area (Å²) in [5.74, 6) is -0.333. The Morgan fingerprint density at radius 3 is 2.27 bits per heavy atom. The van der Waals surface area contributed by atoms with Crippen LogP contribution in [0.3, 0.4) is 0 Å². The van der Waals surface area contributed by atoms with Crippen LogP contribution in [0.1, 0.15) is 34.5 Å². The lowest BCUT2D eigenvalue weighted by Gasteiger charge is -2.15. The molecule has 3 rings (SSSR count). The highest BCUT2D eigenvalue weighted by molar-refractivity contribution is 5.94. The first-order valence-corrected chi connectivity index (χ1v) is 7.66. The number of hydrogen-bond acceptors (Lipinski definition) is 4. The number of carbonyl (C=O) groups excluding carboxylic acids is 1. The molecule has 2 aromatic carbocycles. The van der Waals surface area contributed by atoms with E-state index < -0.39 is 17.8 Å². The molecule has 0 saturated heterocycles. The van der Waals surface area contributed by atoms with Gasteiger partial charge in [-0.15, -0.1) is 5.10 Å². The Hall–Kier alpha value is -3.23. The highest BCUT2D eigenvalue weighted by Gasteiger charge is 2.30. The van der Waals surface area contributed by atoms with Gasteiger partial charge in [0.15, 0.2) is 0 Å². The lowest BCUT2D eigenvalue weighted by atomic mass is 10.1. The average molecular weight is 361 g/mol. The number of nitrogens with zero attached hydrogens (tertiary/aromatic N) is 4. The fourth-order valence-corrected chi connectivity index (χ4v) is 2.37. The van der Waals surface area contributed by atoms with Gasteiger partial charge in [-0.25, -0.2) is 4.68 Å². The van der Waals surface area contributed by atoms with E-state index in [1.165, 1.54) is 23.1 Å². The summed E-state index contributed by atoms with van der Waals surface area (Å²) >= 11 is 0. The topological polar surface area (TPSA) is 72.7 Å². The van der Waals surface area contributed by atoms with E-state index in [0.29, 0.717) is 16.8 Å². The first kappa shape index (κ1) is 17.6. The van der Waals surface area contributed by atoms with Gasteiger partial charge in [-0.3, -0.25) is 4.79 Å². The molecule has 26 heavy (non-hydrogen) atoms. The minimum atomic E-state index is -4.38. The third-order valence-electron chi connectivity index (χ3n) is 3.83. The van der Waals surface area contributed by atoms with Crippen LogP contribution in [-0.4, -0.2) is 26.1 Å².